The van der Waals surface area contributed by atoms with Gasteiger partial charge in [0.2, 0.25) is 5.91 Å². The highest BCUT2D eigenvalue weighted by molar-refractivity contribution is 5.84. The number of nitrogens with zero attached hydrogens (tertiary/aromatic N) is 1. The number of carbonyl (C=O) groups is 1. The highest BCUT2D eigenvalue weighted by atomic mass is 16.1. The number of amides is 1. The highest BCUT2D eigenvalue weighted by Gasteiger charge is 2.33. The van der Waals surface area contributed by atoms with Crippen LogP contribution in [-0.2, 0) is 4.79 Å². The molecule has 3 N–H and O–H groups in total. The van der Waals surface area contributed by atoms with Crippen molar-refractivity contribution < 1.29 is 4.79 Å². The molecule has 1 amide bonds. The first kappa shape index (κ1) is 18.4. The van der Waals surface area contributed by atoms with Gasteiger partial charge in [0.15, 0.2) is 0 Å². The van der Waals surface area contributed by atoms with Gasteiger partial charge in [-0.25, -0.2) is 0 Å². The zero-order chi connectivity index (χ0) is 14.9. The monoisotopic (exact) mass is 271 g/mol. The molecule has 2 unspecified atom stereocenters. The van der Waals surface area contributed by atoms with E-state index in [1.807, 2.05) is 6.92 Å². The number of primary amides is 1. The Balaban J connectivity index is 4.76. The number of nitrogens with two attached hydrogens (primary N) is 1. The number of rotatable bonds is 11. The highest BCUT2D eigenvalue weighted by Crippen LogP contribution is 2.13. The van der Waals surface area contributed by atoms with Gasteiger partial charge in [0.05, 0.1) is 0 Å². The predicted molar refractivity (Wildman–Crippen MR) is 82.1 cm³/mol. The van der Waals surface area contributed by atoms with E-state index in [0.717, 1.165) is 32.4 Å². The van der Waals surface area contributed by atoms with Gasteiger partial charge >= 0.3 is 0 Å². The van der Waals surface area contributed by atoms with E-state index in [-0.39, 0.29) is 5.91 Å². The molecular formula is C15H33N3O. The second kappa shape index (κ2) is 9.32. The van der Waals surface area contributed by atoms with E-state index in [1.165, 1.54) is 6.42 Å². The fourth-order valence-electron chi connectivity index (χ4n) is 2.10. The van der Waals surface area contributed by atoms with Crippen molar-refractivity contribution in [2.24, 2.45) is 5.73 Å². The van der Waals surface area contributed by atoms with E-state index in [4.69, 9.17) is 5.73 Å². The molecule has 4 nitrogen and oxygen atoms in total. The molecule has 0 aromatic carbocycles. The fourth-order valence-corrected chi connectivity index (χ4v) is 2.10. The first-order valence-electron chi connectivity index (χ1n) is 7.70. The first-order chi connectivity index (χ1) is 8.91. The van der Waals surface area contributed by atoms with Crippen molar-refractivity contribution >= 4 is 5.91 Å². The molecule has 0 aromatic heterocycles. The van der Waals surface area contributed by atoms with Crippen molar-refractivity contribution in [3.05, 3.63) is 0 Å². The van der Waals surface area contributed by atoms with Crippen LogP contribution in [0.2, 0.25) is 0 Å². The summed E-state index contributed by atoms with van der Waals surface area (Å²) in [6.45, 7) is 13.2. The van der Waals surface area contributed by atoms with Crippen LogP contribution in [0.25, 0.3) is 0 Å². The molecule has 0 fully saturated rings. The van der Waals surface area contributed by atoms with E-state index >= 15 is 0 Å². The van der Waals surface area contributed by atoms with Crippen molar-refractivity contribution in [3.63, 3.8) is 0 Å². The van der Waals surface area contributed by atoms with Crippen LogP contribution in [0.15, 0.2) is 0 Å². The summed E-state index contributed by atoms with van der Waals surface area (Å²) >= 11 is 0. The molecule has 0 aliphatic heterocycles. The van der Waals surface area contributed by atoms with Gasteiger partial charge in [0.25, 0.3) is 0 Å². The summed E-state index contributed by atoms with van der Waals surface area (Å²) < 4.78 is 0. The van der Waals surface area contributed by atoms with Gasteiger partial charge in [0, 0.05) is 12.6 Å². The molecule has 0 rings (SSSR count). The molecular weight excluding hydrogens is 238 g/mol. The van der Waals surface area contributed by atoms with Gasteiger partial charge in [-0.3, -0.25) is 9.69 Å². The minimum Gasteiger partial charge on any atom is -0.368 e. The maximum Gasteiger partial charge on any atom is 0.238 e. The Labute approximate surface area is 119 Å². The largest absolute Gasteiger partial charge is 0.368 e. The SMILES string of the molecule is CCCCN(CC(C)(NCCC)C(N)=O)C(C)CC. The predicted octanol–water partition coefficient (Wildman–Crippen LogP) is 2.13. The normalized spacial score (nSPS) is 16.3. The number of carbonyl (C=O) groups excluding carboxylic acids is 1. The van der Waals surface area contributed by atoms with Crippen molar-refractivity contribution in [2.45, 2.75) is 71.9 Å². The number of nitrogens with one attached hydrogen (secondary N) is 1. The molecule has 0 saturated heterocycles. The summed E-state index contributed by atoms with van der Waals surface area (Å²) in [5.41, 5.74) is 4.97. The second-order valence-electron chi connectivity index (χ2n) is 5.70. The van der Waals surface area contributed by atoms with Crippen LogP contribution in [0, 0.1) is 0 Å². The average molecular weight is 271 g/mol. The second-order valence-corrected chi connectivity index (χ2v) is 5.70. The van der Waals surface area contributed by atoms with E-state index in [0.29, 0.717) is 12.6 Å². The summed E-state index contributed by atoms with van der Waals surface area (Å²) in [5.74, 6) is -0.259. The van der Waals surface area contributed by atoms with E-state index < -0.39 is 5.54 Å². The van der Waals surface area contributed by atoms with Crippen LogP contribution in [0.5, 0.6) is 0 Å². The van der Waals surface area contributed by atoms with Gasteiger partial charge < -0.3 is 11.1 Å². The van der Waals surface area contributed by atoms with Crippen LogP contribution in [-0.4, -0.2) is 42.0 Å². The van der Waals surface area contributed by atoms with Crippen LogP contribution in [0.3, 0.4) is 0 Å². The average Bonchev–Trinajstić information content (AvgIpc) is 2.40. The first-order valence-corrected chi connectivity index (χ1v) is 7.70. The number of hydrogen-bond acceptors (Lipinski definition) is 3. The number of unbranched alkanes of at least 4 members (excludes halogenated alkanes) is 1. The maximum absolute atomic E-state index is 11.8. The van der Waals surface area contributed by atoms with E-state index in [1.54, 1.807) is 0 Å². The van der Waals surface area contributed by atoms with Gasteiger partial charge in [-0.2, -0.15) is 0 Å². The quantitative estimate of drug-likeness (QED) is 0.605. The lowest BCUT2D eigenvalue weighted by atomic mass is 9.98. The third kappa shape index (κ3) is 6.39. The van der Waals surface area contributed by atoms with Crippen LogP contribution in [0.4, 0.5) is 0 Å². The Bertz CT molecular complexity index is 258. The zero-order valence-electron chi connectivity index (χ0n) is 13.5. The lowest BCUT2D eigenvalue weighted by Crippen LogP contribution is -2.60. The lowest BCUT2D eigenvalue weighted by molar-refractivity contribution is -0.124. The van der Waals surface area contributed by atoms with Crippen molar-refractivity contribution in [1.29, 1.82) is 0 Å². The minimum atomic E-state index is -0.632. The van der Waals surface area contributed by atoms with Crippen LogP contribution in [0.1, 0.15) is 60.3 Å². The minimum absolute atomic E-state index is 0.259. The molecule has 114 valence electrons. The molecule has 0 aromatic rings. The number of hydrogen-bond donors (Lipinski definition) is 2. The standard InChI is InChI=1S/C15H33N3O/c1-6-9-11-18(13(4)8-3)12-15(5,14(16)19)17-10-7-2/h13,17H,6-12H2,1-5H3,(H2,16,19). The smallest absolute Gasteiger partial charge is 0.238 e. The van der Waals surface area contributed by atoms with Crippen molar-refractivity contribution in [1.82, 2.24) is 10.2 Å². The Morgan fingerprint density at radius 1 is 1.32 bits per heavy atom. The molecule has 4 heteroatoms. The summed E-state index contributed by atoms with van der Waals surface area (Å²) in [4.78, 5) is 14.2. The summed E-state index contributed by atoms with van der Waals surface area (Å²) in [6.07, 6.45) is 4.42. The van der Waals surface area contributed by atoms with Gasteiger partial charge in [-0.1, -0.05) is 27.2 Å². The Morgan fingerprint density at radius 2 is 1.95 bits per heavy atom. The molecule has 0 spiro atoms. The third-order valence-electron chi connectivity index (χ3n) is 3.84. The maximum atomic E-state index is 11.8. The molecule has 0 radical (unpaired) electrons. The summed E-state index contributed by atoms with van der Waals surface area (Å²) in [6, 6.07) is 0.480. The van der Waals surface area contributed by atoms with Gasteiger partial charge in [-0.05, 0) is 46.2 Å². The topological polar surface area (TPSA) is 58.4 Å². The van der Waals surface area contributed by atoms with Crippen LogP contribution < -0.4 is 11.1 Å². The van der Waals surface area contributed by atoms with Crippen molar-refractivity contribution in [2.75, 3.05) is 19.6 Å². The van der Waals surface area contributed by atoms with Crippen molar-refractivity contribution in [3.8, 4) is 0 Å². The molecule has 0 saturated carbocycles. The molecule has 0 aliphatic carbocycles. The molecule has 0 bridgehead atoms. The summed E-state index contributed by atoms with van der Waals surface area (Å²) in [7, 11) is 0. The third-order valence-corrected chi connectivity index (χ3v) is 3.84. The van der Waals surface area contributed by atoms with E-state index in [9.17, 15) is 4.79 Å². The Morgan fingerprint density at radius 3 is 2.37 bits per heavy atom. The lowest BCUT2D eigenvalue weighted by Gasteiger charge is -2.37. The van der Waals surface area contributed by atoms with E-state index in [2.05, 4.69) is 37.9 Å². The fraction of sp³-hybridized carbons (Fsp3) is 0.933. The molecule has 0 heterocycles. The van der Waals surface area contributed by atoms with Gasteiger partial charge in [-0.15, -0.1) is 0 Å². The summed E-state index contributed by atoms with van der Waals surface area (Å²) in [5, 5.41) is 3.31. The zero-order valence-corrected chi connectivity index (χ0v) is 13.5. The molecule has 0 aliphatic rings. The van der Waals surface area contributed by atoms with Crippen LogP contribution >= 0.6 is 0 Å². The Hall–Kier alpha value is -0.610. The van der Waals surface area contributed by atoms with Gasteiger partial charge in [0.1, 0.15) is 5.54 Å². The molecule has 19 heavy (non-hydrogen) atoms. The Kier molecular flexibility index (Phi) is 9.02. The molecule has 2 atom stereocenters.